The first-order chi connectivity index (χ1) is 14.0. The number of hydrogen-bond acceptors (Lipinski definition) is 3. The minimum absolute atomic E-state index is 0.134. The van der Waals surface area contributed by atoms with Crippen molar-refractivity contribution in [3.63, 3.8) is 0 Å². The average Bonchev–Trinajstić information content (AvgIpc) is 3.17. The number of carbonyl (C=O) groups excluding carboxylic acids is 1. The van der Waals surface area contributed by atoms with E-state index in [1.807, 2.05) is 6.92 Å². The van der Waals surface area contributed by atoms with Crippen LogP contribution in [-0.2, 0) is 11.2 Å². The molecule has 0 aliphatic carbocycles. The summed E-state index contributed by atoms with van der Waals surface area (Å²) in [6.45, 7) is 8.93. The molecule has 152 valence electrons. The van der Waals surface area contributed by atoms with E-state index in [0.717, 1.165) is 44.6 Å². The Kier molecular flexibility index (Phi) is 5.67. The fourth-order valence-electron chi connectivity index (χ4n) is 4.21. The summed E-state index contributed by atoms with van der Waals surface area (Å²) in [6, 6.07) is 11.9. The Balaban J connectivity index is 1.44. The quantitative estimate of drug-likeness (QED) is 0.805. The largest absolute Gasteiger partial charge is 0.381 e. The van der Waals surface area contributed by atoms with E-state index >= 15 is 0 Å². The van der Waals surface area contributed by atoms with Gasteiger partial charge in [-0.15, -0.1) is 0 Å². The molecule has 1 N–H and O–H groups in total. The summed E-state index contributed by atoms with van der Waals surface area (Å²) in [4.78, 5) is 14.8. The van der Waals surface area contributed by atoms with Crippen molar-refractivity contribution >= 4 is 11.6 Å². The van der Waals surface area contributed by atoms with Gasteiger partial charge in [0.25, 0.3) is 5.91 Å². The van der Waals surface area contributed by atoms with Crippen LogP contribution in [0.1, 0.15) is 47.3 Å². The minimum Gasteiger partial charge on any atom is -0.381 e. The Morgan fingerprint density at radius 3 is 2.66 bits per heavy atom. The van der Waals surface area contributed by atoms with Crippen LogP contribution in [0.5, 0.6) is 0 Å². The summed E-state index contributed by atoms with van der Waals surface area (Å²) in [7, 11) is 0. The third-order valence-electron chi connectivity index (χ3n) is 5.99. The summed E-state index contributed by atoms with van der Waals surface area (Å²) in [6.07, 6.45) is 3.05. The van der Waals surface area contributed by atoms with Crippen LogP contribution in [0.2, 0.25) is 0 Å². The highest BCUT2D eigenvalue weighted by atomic mass is 19.1. The number of fused-ring (bicyclic) bond motifs is 1. The fraction of sp³-hybridized carbons (Fsp3) is 0.375. The highest BCUT2D eigenvalue weighted by molar-refractivity contribution is 5.94. The van der Waals surface area contributed by atoms with E-state index in [1.165, 1.54) is 41.2 Å². The first kappa shape index (κ1) is 19.6. The molecule has 2 aliphatic rings. The second-order valence-corrected chi connectivity index (χ2v) is 7.87. The van der Waals surface area contributed by atoms with Gasteiger partial charge in [0.15, 0.2) is 0 Å². The van der Waals surface area contributed by atoms with Crippen LogP contribution < -0.4 is 10.2 Å². The summed E-state index contributed by atoms with van der Waals surface area (Å²) < 4.78 is 18.5. The van der Waals surface area contributed by atoms with Crippen molar-refractivity contribution in [2.75, 3.05) is 24.7 Å². The molecule has 0 saturated carbocycles. The molecule has 1 saturated heterocycles. The van der Waals surface area contributed by atoms with Gasteiger partial charge in [0.1, 0.15) is 5.82 Å². The Morgan fingerprint density at radius 2 is 1.93 bits per heavy atom. The Hall–Kier alpha value is -2.66. The lowest BCUT2D eigenvalue weighted by molar-refractivity contribution is 0.0752. The third kappa shape index (κ3) is 4.20. The molecule has 1 unspecified atom stereocenters. The predicted molar refractivity (Wildman–Crippen MR) is 112 cm³/mol. The molecule has 2 heterocycles. The summed E-state index contributed by atoms with van der Waals surface area (Å²) in [5.41, 5.74) is 5.23. The lowest BCUT2D eigenvalue weighted by Crippen LogP contribution is -2.28. The van der Waals surface area contributed by atoms with Crippen molar-refractivity contribution in [1.82, 2.24) is 5.32 Å². The molecule has 1 fully saturated rings. The highest BCUT2D eigenvalue weighted by Crippen LogP contribution is 2.36. The van der Waals surface area contributed by atoms with Gasteiger partial charge < -0.3 is 15.0 Å². The molecule has 1 atom stereocenters. The van der Waals surface area contributed by atoms with Gasteiger partial charge in [0, 0.05) is 42.6 Å². The lowest BCUT2D eigenvalue weighted by Gasteiger charge is -2.31. The first-order valence-electron chi connectivity index (χ1n) is 10.3. The molecule has 0 aromatic heterocycles. The van der Waals surface area contributed by atoms with Crippen LogP contribution in [0, 0.1) is 11.7 Å². The van der Waals surface area contributed by atoms with Crippen molar-refractivity contribution < 1.29 is 13.9 Å². The van der Waals surface area contributed by atoms with E-state index in [4.69, 9.17) is 4.74 Å². The Bertz CT molecular complexity index is 904. The summed E-state index contributed by atoms with van der Waals surface area (Å²) in [5, 5.41) is 3.00. The maximum absolute atomic E-state index is 13.1. The number of carbonyl (C=O) groups is 1. The maximum atomic E-state index is 13.1. The number of benzene rings is 2. The molecular formula is C24H27FN2O2. The van der Waals surface area contributed by atoms with E-state index < -0.39 is 0 Å². The standard InChI is InChI=1S/C24H27FN2O2/c1-16(26-24(28)19-3-6-22(25)7-4-19)20-5-8-23-21(15-20)9-12-27(23)17(2)18-10-13-29-14-11-18/h3-8,15-16,18H,2,9-14H2,1H3,(H,26,28). The normalized spacial score (nSPS) is 17.7. The molecule has 5 heteroatoms. The average molecular weight is 394 g/mol. The maximum Gasteiger partial charge on any atom is 0.251 e. The molecule has 29 heavy (non-hydrogen) atoms. The monoisotopic (exact) mass is 394 g/mol. The molecule has 4 nitrogen and oxygen atoms in total. The zero-order valence-electron chi connectivity index (χ0n) is 16.8. The number of amides is 1. The van der Waals surface area contributed by atoms with Gasteiger partial charge in [-0.25, -0.2) is 4.39 Å². The van der Waals surface area contributed by atoms with Crippen LogP contribution in [0.15, 0.2) is 54.7 Å². The van der Waals surface area contributed by atoms with E-state index in [0.29, 0.717) is 11.5 Å². The number of rotatable bonds is 5. The minimum atomic E-state index is -0.347. The lowest BCUT2D eigenvalue weighted by atomic mass is 9.96. The van der Waals surface area contributed by atoms with Crippen molar-refractivity contribution in [3.05, 3.63) is 77.2 Å². The Labute approximate surface area is 171 Å². The SMILES string of the molecule is C=C(C1CCOCC1)N1CCc2cc(C(C)NC(=O)c3ccc(F)cc3)ccc21. The predicted octanol–water partition coefficient (Wildman–Crippen LogP) is 4.62. The number of nitrogens with zero attached hydrogens (tertiary/aromatic N) is 1. The third-order valence-corrected chi connectivity index (χ3v) is 5.99. The molecule has 4 rings (SSSR count). The topological polar surface area (TPSA) is 41.6 Å². The van der Waals surface area contributed by atoms with E-state index in [2.05, 4.69) is 35.0 Å². The van der Waals surface area contributed by atoms with Crippen LogP contribution in [0.3, 0.4) is 0 Å². The fourth-order valence-corrected chi connectivity index (χ4v) is 4.21. The van der Waals surface area contributed by atoms with Gasteiger partial charge in [-0.3, -0.25) is 4.79 Å². The van der Waals surface area contributed by atoms with Gasteiger partial charge in [-0.1, -0.05) is 18.7 Å². The van der Waals surface area contributed by atoms with Gasteiger partial charge in [-0.05, 0) is 67.6 Å². The second kappa shape index (κ2) is 8.37. The Morgan fingerprint density at radius 1 is 1.21 bits per heavy atom. The van der Waals surface area contributed by atoms with Gasteiger partial charge in [0.05, 0.1) is 6.04 Å². The molecule has 2 aromatic rings. The molecule has 0 spiro atoms. The molecule has 2 aliphatic heterocycles. The van der Waals surface area contributed by atoms with Crippen LogP contribution in [-0.4, -0.2) is 25.7 Å². The van der Waals surface area contributed by atoms with Crippen molar-refractivity contribution in [3.8, 4) is 0 Å². The smallest absolute Gasteiger partial charge is 0.251 e. The number of allylic oxidation sites excluding steroid dienone is 1. The van der Waals surface area contributed by atoms with E-state index in [-0.39, 0.29) is 17.8 Å². The number of nitrogens with one attached hydrogen (secondary N) is 1. The number of hydrogen-bond donors (Lipinski definition) is 1. The first-order valence-corrected chi connectivity index (χ1v) is 10.3. The van der Waals surface area contributed by atoms with Crippen LogP contribution in [0.4, 0.5) is 10.1 Å². The van der Waals surface area contributed by atoms with Crippen LogP contribution >= 0.6 is 0 Å². The van der Waals surface area contributed by atoms with Gasteiger partial charge >= 0.3 is 0 Å². The highest BCUT2D eigenvalue weighted by Gasteiger charge is 2.27. The molecule has 1 amide bonds. The molecule has 0 bridgehead atoms. The van der Waals surface area contributed by atoms with Crippen molar-refractivity contribution in [1.29, 1.82) is 0 Å². The zero-order valence-corrected chi connectivity index (χ0v) is 16.8. The number of halogens is 1. The van der Waals surface area contributed by atoms with E-state index in [9.17, 15) is 9.18 Å². The zero-order chi connectivity index (χ0) is 20.4. The second-order valence-electron chi connectivity index (χ2n) is 7.87. The molecular weight excluding hydrogens is 367 g/mol. The van der Waals surface area contributed by atoms with Gasteiger partial charge in [-0.2, -0.15) is 0 Å². The van der Waals surface area contributed by atoms with Crippen LogP contribution in [0.25, 0.3) is 0 Å². The van der Waals surface area contributed by atoms with Crippen molar-refractivity contribution in [2.45, 2.75) is 32.2 Å². The number of ether oxygens (including phenoxy) is 1. The number of anilines is 1. The van der Waals surface area contributed by atoms with E-state index in [1.54, 1.807) is 0 Å². The van der Waals surface area contributed by atoms with Crippen molar-refractivity contribution in [2.24, 2.45) is 5.92 Å². The molecule has 0 radical (unpaired) electrons. The summed E-state index contributed by atoms with van der Waals surface area (Å²) in [5.74, 6) is -0.0593. The molecule has 2 aromatic carbocycles. The summed E-state index contributed by atoms with van der Waals surface area (Å²) >= 11 is 0. The van der Waals surface area contributed by atoms with Gasteiger partial charge in [0.2, 0.25) is 0 Å².